The molecule has 1 aliphatic heterocycles. The van der Waals surface area contributed by atoms with Crippen LogP contribution in [0.15, 0.2) is 12.3 Å². The molecule has 2 rings (SSSR count). The lowest BCUT2D eigenvalue weighted by atomic mass is 9.79. The van der Waals surface area contributed by atoms with Gasteiger partial charge in [0, 0.05) is 17.1 Å². The number of piperidine rings is 1. The highest BCUT2D eigenvalue weighted by Crippen LogP contribution is 2.30. The number of aromatic nitrogens is 2. The summed E-state index contributed by atoms with van der Waals surface area (Å²) in [5, 5.41) is 15.4. The smallest absolute Gasteiger partial charge is 0.151 e. The fourth-order valence-electron chi connectivity index (χ4n) is 3.15. The summed E-state index contributed by atoms with van der Waals surface area (Å²) >= 11 is 0. The Morgan fingerprint density at radius 1 is 1.22 bits per heavy atom. The zero-order valence-corrected chi connectivity index (χ0v) is 12.0. The number of aryl methyl sites for hydroxylation is 1. The van der Waals surface area contributed by atoms with Gasteiger partial charge < -0.3 is 10.6 Å². The molecule has 100 valence electrons. The maximum Gasteiger partial charge on any atom is 0.151 e. The Balaban J connectivity index is 2.12. The summed E-state index contributed by atoms with van der Waals surface area (Å²) in [5.74, 6) is 0.913. The number of hydrogen-bond acceptors (Lipinski definition) is 4. The molecule has 1 aromatic heterocycles. The van der Waals surface area contributed by atoms with Crippen LogP contribution >= 0.6 is 0 Å². The van der Waals surface area contributed by atoms with Crippen LogP contribution in [-0.2, 0) is 0 Å². The second kappa shape index (κ2) is 4.50. The number of nitrogens with zero attached hydrogens (tertiary/aromatic N) is 2. The first-order valence-electron chi connectivity index (χ1n) is 6.62. The molecule has 0 aromatic carbocycles. The Morgan fingerprint density at radius 3 is 2.39 bits per heavy atom. The molecular formula is C14H24N4. The molecule has 4 heteroatoms. The van der Waals surface area contributed by atoms with Crippen molar-refractivity contribution in [3.05, 3.63) is 17.8 Å². The van der Waals surface area contributed by atoms with Crippen molar-refractivity contribution in [3.8, 4) is 0 Å². The van der Waals surface area contributed by atoms with E-state index in [2.05, 4.69) is 55.4 Å². The molecule has 1 saturated heterocycles. The van der Waals surface area contributed by atoms with Crippen LogP contribution in [0.1, 0.15) is 46.1 Å². The zero-order valence-electron chi connectivity index (χ0n) is 12.0. The topological polar surface area (TPSA) is 49.8 Å². The van der Waals surface area contributed by atoms with E-state index in [1.54, 1.807) is 6.20 Å². The van der Waals surface area contributed by atoms with Crippen LogP contribution in [0.25, 0.3) is 0 Å². The van der Waals surface area contributed by atoms with Crippen LogP contribution in [0.3, 0.4) is 0 Å². The predicted octanol–water partition coefficient (Wildman–Crippen LogP) is 2.51. The summed E-state index contributed by atoms with van der Waals surface area (Å²) in [5.41, 5.74) is 1.45. The highest BCUT2D eigenvalue weighted by atomic mass is 15.2. The van der Waals surface area contributed by atoms with Gasteiger partial charge in [-0.3, -0.25) is 0 Å². The normalized spacial score (nSPS) is 22.7. The van der Waals surface area contributed by atoms with Gasteiger partial charge in [-0.2, -0.15) is 5.10 Å². The van der Waals surface area contributed by atoms with Crippen molar-refractivity contribution in [2.45, 2.75) is 64.6 Å². The second-order valence-corrected chi connectivity index (χ2v) is 6.71. The van der Waals surface area contributed by atoms with Gasteiger partial charge in [0.25, 0.3) is 0 Å². The molecule has 1 aliphatic rings. The summed E-state index contributed by atoms with van der Waals surface area (Å²) < 4.78 is 0. The minimum atomic E-state index is 0.148. The van der Waals surface area contributed by atoms with Gasteiger partial charge in [-0.25, -0.2) is 0 Å². The second-order valence-electron chi connectivity index (χ2n) is 6.71. The van der Waals surface area contributed by atoms with Crippen LogP contribution < -0.4 is 10.6 Å². The molecule has 0 aliphatic carbocycles. The van der Waals surface area contributed by atoms with Gasteiger partial charge in [-0.15, -0.1) is 5.10 Å². The lowest BCUT2D eigenvalue weighted by Gasteiger charge is -2.46. The van der Waals surface area contributed by atoms with Crippen molar-refractivity contribution in [2.24, 2.45) is 0 Å². The first kappa shape index (κ1) is 13.3. The number of nitrogens with one attached hydrogen (secondary N) is 2. The Kier molecular flexibility index (Phi) is 3.32. The monoisotopic (exact) mass is 248 g/mol. The van der Waals surface area contributed by atoms with E-state index in [9.17, 15) is 0 Å². The maximum absolute atomic E-state index is 4.19. The van der Waals surface area contributed by atoms with Gasteiger partial charge in [0.1, 0.15) is 0 Å². The molecule has 0 saturated carbocycles. The molecule has 0 atom stereocenters. The third kappa shape index (κ3) is 3.19. The zero-order chi connectivity index (χ0) is 13.4. The summed E-state index contributed by atoms with van der Waals surface area (Å²) in [6.45, 7) is 11.1. The Labute approximate surface area is 110 Å². The summed E-state index contributed by atoms with van der Waals surface area (Å²) in [7, 11) is 0. The third-order valence-corrected chi connectivity index (χ3v) is 3.45. The number of anilines is 1. The van der Waals surface area contributed by atoms with Crippen molar-refractivity contribution in [2.75, 3.05) is 5.32 Å². The van der Waals surface area contributed by atoms with E-state index in [-0.39, 0.29) is 11.1 Å². The Bertz CT molecular complexity index is 410. The van der Waals surface area contributed by atoms with E-state index in [0.717, 1.165) is 24.2 Å². The molecular weight excluding hydrogens is 224 g/mol. The molecule has 4 nitrogen and oxygen atoms in total. The Morgan fingerprint density at radius 2 is 1.83 bits per heavy atom. The maximum atomic E-state index is 4.19. The molecule has 1 fully saturated rings. The average Bonchev–Trinajstić information content (AvgIpc) is 2.16. The standard InChI is InChI=1S/C14H24N4/c1-10-6-7-15-17-12(10)16-11-8-13(2,3)18-14(4,5)9-11/h6-7,11,18H,8-9H2,1-5H3,(H,16,17). The Hall–Kier alpha value is -1.16. The van der Waals surface area contributed by atoms with Crippen LogP contribution in [0, 0.1) is 6.92 Å². The molecule has 0 bridgehead atoms. The van der Waals surface area contributed by atoms with E-state index in [0.29, 0.717) is 6.04 Å². The SMILES string of the molecule is Cc1ccnnc1NC1CC(C)(C)NC(C)(C)C1. The molecule has 0 spiro atoms. The molecule has 18 heavy (non-hydrogen) atoms. The number of hydrogen-bond donors (Lipinski definition) is 2. The van der Waals surface area contributed by atoms with E-state index in [1.165, 1.54) is 0 Å². The predicted molar refractivity (Wildman–Crippen MR) is 74.7 cm³/mol. The van der Waals surface area contributed by atoms with Gasteiger partial charge >= 0.3 is 0 Å². The fourth-order valence-corrected chi connectivity index (χ4v) is 3.15. The van der Waals surface area contributed by atoms with Crippen LogP contribution in [-0.4, -0.2) is 27.3 Å². The molecule has 0 radical (unpaired) electrons. The molecule has 1 aromatic rings. The summed E-state index contributed by atoms with van der Waals surface area (Å²) in [6.07, 6.45) is 3.91. The van der Waals surface area contributed by atoms with E-state index < -0.39 is 0 Å². The fraction of sp³-hybridized carbons (Fsp3) is 0.714. The highest BCUT2D eigenvalue weighted by molar-refractivity contribution is 5.42. The average molecular weight is 248 g/mol. The lowest BCUT2D eigenvalue weighted by Crippen LogP contribution is -2.60. The van der Waals surface area contributed by atoms with Crippen molar-refractivity contribution < 1.29 is 0 Å². The molecule has 0 unspecified atom stereocenters. The van der Waals surface area contributed by atoms with Crippen molar-refractivity contribution >= 4 is 5.82 Å². The molecule has 2 N–H and O–H groups in total. The van der Waals surface area contributed by atoms with Crippen LogP contribution in [0.5, 0.6) is 0 Å². The van der Waals surface area contributed by atoms with Crippen LogP contribution in [0.2, 0.25) is 0 Å². The first-order valence-corrected chi connectivity index (χ1v) is 6.62. The van der Waals surface area contributed by atoms with E-state index >= 15 is 0 Å². The van der Waals surface area contributed by atoms with E-state index in [4.69, 9.17) is 0 Å². The first-order chi connectivity index (χ1) is 8.27. The van der Waals surface area contributed by atoms with Crippen molar-refractivity contribution in [1.82, 2.24) is 15.5 Å². The lowest BCUT2D eigenvalue weighted by molar-refractivity contribution is 0.170. The van der Waals surface area contributed by atoms with Crippen LogP contribution in [0.4, 0.5) is 5.82 Å². The minimum Gasteiger partial charge on any atom is -0.365 e. The van der Waals surface area contributed by atoms with Gasteiger partial charge in [0.2, 0.25) is 0 Å². The van der Waals surface area contributed by atoms with Gasteiger partial charge in [0.15, 0.2) is 5.82 Å². The van der Waals surface area contributed by atoms with Gasteiger partial charge in [0.05, 0.1) is 6.20 Å². The third-order valence-electron chi connectivity index (χ3n) is 3.45. The highest BCUT2D eigenvalue weighted by Gasteiger charge is 2.37. The molecule has 2 heterocycles. The van der Waals surface area contributed by atoms with Crippen molar-refractivity contribution in [1.29, 1.82) is 0 Å². The van der Waals surface area contributed by atoms with E-state index in [1.807, 2.05) is 6.07 Å². The van der Waals surface area contributed by atoms with Gasteiger partial charge in [-0.05, 0) is 59.1 Å². The summed E-state index contributed by atoms with van der Waals surface area (Å²) in [6, 6.07) is 2.43. The largest absolute Gasteiger partial charge is 0.365 e. The molecule has 0 amide bonds. The quantitative estimate of drug-likeness (QED) is 0.844. The number of rotatable bonds is 2. The van der Waals surface area contributed by atoms with Gasteiger partial charge in [-0.1, -0.05) is 0 Å². The minimum absolute atomic E-state index is 0.148. The summed E-state index contributed by atoms with van der Waals surface area (Å²) in [4.78, 5) is 0. The van der Waals surface area contributed by atoms with Crippen molar-refractivity contribution in [3.63, 3.8) is 0 Å².